The van der Waals surface area contributed by atoms with Gasteiger partial charge in [0.1, 0.15) is 5.41 Å². The molecule has 0 heterocycles. The van der Waals surface area contributed by atoms with Crippen molar-refractivity contribution in [1.82, 2.24) is 5.32 Å². The number of nitriles is 1. The van der Waals surface area contributed by atoms with Crippen LogP contribution in [0.3, 0.4) is 0 Å². The molecule has 0 saturated carbocycles. The molecule has 17 heavy (non-hydrogen) atoms. The smallest absolute Gasteiger partial charge is 0.240 e. The summed E-state index contributed by atoms with van der Waals surface area (Å²) in [6, 6.07) is 11.7. The van der Waals surface area contributed by atoms with E-state index in [2.05, 4.69) is 11.4 Å². The first-order valence-corrected chi connectivity index (χ1v) is 5.80. The maximum atomic E-state index is 12.0. The summed E-state index contributed by atoms with van der Waals surface area (Å²) in [6.07, 6.45) is 0.511. The number of hydrogen-bond acceptors (Lipinski definition) is 2. The van der Waals surface area contributed by atoms with Crippen molar-refractivity contribution in [2.24, 2.45) is 5.41 Å². The lowest BCUT2D eigenvalue weighted by atomic mass is 9.88. The Morgan fingerprint density at radius 3 is 2.53 bits per heavy atom. The van der Waals surface area contributed by atoms with Crippen molar-refractivity contribution < 1.29 is 4.79 Å². The van der Waals surface area contributed by atoms with Crippen molar-refractivity contribution in [3.8, 4) is 6.07 Å². The lowest BCUT2D eigenvalue weighted by molar-refractivity contribution is -0.128. The fourth-order valence-corrected chi connectivity index (χ4v) is 1.47. The normalized spacial score (nSPS) is 15.4. The van der Waals surface area contributed by atoms with Crippen LogP contribution in [0.4, 0.5) is 0 Å². The Bertz CT molecular complexity index is 422. The van der Waals surface area contributed by atoms with E-state index in [0.29, 0.717) is 6.42 Å². The Hall–Kier alpha value is -1.82. The highest BCUT2D eigenvalue weighted by molar-refractivity contribution is 5.85. The van der Waals surface area contributed by atoms with Gasteiger partial charge in [-0.15, -0.1) is 0 Å². The summed E-state index contributed by atoms with van der Waals surface area (Å²) in [5.41, 5.74) is 0.0977. The molecule has 1 N–H and O–H groups in total. The highest BCUT2D eigenvalue weighted by Gasteiger charge is 2.31. The molecule has 0 spiro atoms. The topological polar surface area (TPSA) is 52.9 Å². The number of benzene rings is 1. The monoisotopic (exact) mass is 230 g/mol. The third-order valence-corrected chi connectivity index (χ3v) is 3.10. The van der Waals surface area contributed by atoms with Crippen LogP contribution in [0.15, 0.2) is 30.3 Å². The van der Waals surface area contributed by atoms with Gasteiger partial charge in [-0.05, 0) is 25.8 Å². The van der Waals surface area contributed by atoms with Crippen molar-refractivity contribution in [1.29, 1.82) is 5.26 Å². The predicted octanol–water partition coefficient (Wildman–Crippen LogP) is 2.80. The molecule has 0 bridgehead atoms. The number of nitrogens with one attached hydrogen (secondary N) is 1. The van der Waals surface area contributed by atoms with Crippen LogP contribution in [-0.4, -0.2) is 5.91 Å². The zero-order valence-electron chi connectivity index (χ0n) is 10.5. The second-order valence-corrected chi connectivity index (χ2v) is 4.40. The van der Waals surface area contributed by atoms with Crippen LogP contribution in [-0.2, 0) is 4.79 Å². The number of hydrogen-bond donors (Lipinski definition) is 1. The second-order valence-electron chi connectivity index (χ2n) is 4.40. The molecule has 90 valence electrons. The van der Waals surface area contributed by atoms with Gasteiger partial charge in [0.15, 0.2) is 0 Å². The largest absolute Gasteiger partial charge is 0.348 e. The first-order valence-electron chi connectivity index (χ1n) is 5.80. The Kier molecular flexibility index (Phi) is 4.28. The Morgan fingerprint density at radius 1 is 1.47 bits per heavy atom. The molecule has 1 unspecified atom stereocenters. The predicted molar refractivity (Wildman–Crippen MR) is 67.0 cm³/mol. The molecule has 0 aliphatic rings. The Labute approximate surface area is 102 Å². The third kappa shape index (κ3) is 3.07. The van der Waals surface area contributed by atoms with Crippen molar-refractivity contribution >= 4 is 5.91 Å². The number of carbonyl (C=O) groups is 1. The van der Waals surface area contributed by atoms with Crippen LogP contribution in [0, 0.1) is 16.7 Å². The average molecular weight is 230 g/mol. The van der Waals surface area contributed by atoms with E-state index < -0.39 is 5.41 Å². The van der Waals surface area contributed by atoms with Gasteiger partial charge in [0, 0.05) is 0 Å². The van der Waals surface area contributed by atoms with Crippen LogP contribution in [0.5, 0.6) is 0 Å². The summed E-state index contributed by atoms with van der Waals surface area (Å²) < 4.78 is 0. The maximum absolute atomic E-state index is 12.0. The van der Waals surface area contributed by atoms with Crippen molar-refractivity contribution in [3.63, 3.8) is 0 Å². The van der Waals surface area contributed by atoms with E-state index in [9.17, 15) is 4.79 Å². The van der Waals surface area contributed by atoms with E-state index in [1.807, 2.05) is 44.2 Å². The van der Waals surface area contributed by atoms with Gasteiger partial charge >= 0.3 is 0 Å². The molecule has 1 aromatic rings. The molecule has 0 fully saturated rings. The summed E-state index contributed by atoms with van der Waals surface area (Å²) in [5.74, 6) is -0.209. The Balaban J connectivity index is 2.74. The van der Waals surface area contributed by atoms with Gasteiger partial charge in [-0.2, -0.15) is 5.26 Å². The standard InChI is InChI=1S/C14H18N2O/c1-4-14(3,10-15)13(17)16-11(2)12-8-6-5-7-9-12/h5-9,11H,4H2,1-3H3,(H,16,17)/t11-,14?/m0/s1. The van der Waals surface area contributed by atoms with Gasteiger partial charge < -0.3 is 5.32 Å². The number of nitrogens with zero attached hydrogens (tertiary/aromatic N) is 1. The number of carbonyl (C=O) groups excluding carboxylic acids is 1. The molecule has 0 aliphatic heterocycles. The van der Waals surface area contributed by atoms with Crippen LogP contribution >= 0.6 is 0 Å². The molecule has 0 radical (unpaired) electrons. The minimum atomic E-state index is -0.941. The minimum absolute atomic E-state index is 0.0806. The third-order valence-electron chi connectivity index (χ3n) is 3.10. The first-order chi connectivity index (χ1) is 8.03. The average Bonchev–Trinajstić information content (AvgIpc) is 2.38. The van der Waals surface area contributed by atoms with Crippen LogP contribution in [0.1, 0.15) is 38.8 Å². The molecule has 1 rings (SSSR count). The van der Waals surface area contributed by atoms with Gasteiger partial charge in [-0.3, -0.25) is 4.79 Å². The fraction of sp³-hybridized carbons (Fsp3) is 0.429. The van der Waals surface area contributed by atoms with Crippen molar-refractivity contribution in [2.75, 3.05) is 0 Å². The van der Waals surface area contributed by atoms with E-state index in [4.69, 9.17) is 5.26 Å². The van der Waals surface area contributed by atoms with Gasteiger partial charge in [0.05, 0.1) is 12.1 Å². The minimum Gasteiger partial charge on any atom is -0.348 e. The van der Waals surface area contributed by atoms with Crippen LogP contribution in [0.25, 0.3) is 0 Å². The molecular formula is C14H18N2O. The zero-order chi connectivity index (χ0) is 12.9. The molecule has 3 nitrogen and oxygen atoms in total. The molecule has 0 saturated heterocycles. The lowest BCUT2D eigenvalue weighted by Gasteiger charge is -2.22. The summed E-state index contributed by atoms with van der Waals surface area (Å²) in [7, 11) is 0. The zero-order valence-corrected chi connectivity index (χ0v) is 10.5. The molecule has 1 amide bonds. The van der Waals surface area contributed by atoms with E-state index in [-0.39, 0.29) is 11.9 Å². The molecule has 2 atom stereocenters. The fourth-order valence-electron chi connectivity index (χ4n) is 1.47. The molecule has 0 aliphatic carbocycles. The summed E-state index contributed by atoms with van der Waals surface area (Å²) in [4.78, 5) is 12.0. The number of rotatable bonds is 4. The molecule has 1 aromatic carbocycles. The summed E-state index contributed by atoms with van der Waals surface area (Å²) in [6.45, 7) is 5.43. The van der Waals surface area contributed by atoms with Gasteiger partial charge in [0.2, 0.25) is 5.91 Å². The number of amides is 1. The molecular weight excluding hydrogens is 212 g/mol. The quantitative estimate of drug-likeness (QED) is 0.864. The highest BCUT2D eigenvalue weighted by atomic mass is 16.2. The first kappa shape index (κ1) is 13.2. The van der Waals surface area contributed by atoms with E-state index >= 15 is 0 Å². The molecule has 3 heteroatoms. The Morgan fingerprint density at radius 2 is 2.06 bits per heavy atom. The van der Waals surface area contributed by atoms with Crippen LogP contribution in [0.2, 0.25) is 0 Å². The lowest BCUT2D eigenvalue weighted by Crippen LogP contribution is -2.38. The molecule has 0 aromatic heterocycles. The van der Waals surface area contributed by atoms with Gasteiger partial charge in [0.25, 0.3) is 0 Å². The van der Waals surface area contributed by atoms with E-state index in [1.165, 1.54) is 0 Å². The SMILES string of the molecule is CCC(C)(C#N)C(=O)N[C@@H](C)c1ccccc1. The highest BCUT2D eigenvalue weighted by Crippen LogP contribution is 2.22. The maximum Gasteiger partial charge on any atom is 0.240 e. The van der Waals surface area contributed by atoms with Gasteiger partial charge in [-0.1, -0.05) is 37.3 Å². The second kappa shape index (κ2) is 5.49. The van der Waals surface area contributed by atoms with Crippen molar-refractivity contribution in [3.05, 3.63) is 35.9 Å². The van der Waals surface area contributed by atoms with Crippen LogP contribution < -0.4 is 5.32 Å². The van der Waals surface area contributed by atoms with Gasteiger partial charge in [-0.25, -0.2) is 0 Å². The van der Waals surface area contributed by atoms with E-state index in [0.717, 1.165) is 5.56 Å². The van der Waals surface area contributed by atoms with E-state index in [1.54, 1.807) is 6.92 Å². The van der Waals surface area contributed by atoms with Crippen molar-refractivity contribution in [2.45, 2.75) is 33.2 Å². The summed E-state index contributed by atoms with van der Waals surface area (Å²) >= 11 is 0. The summed E-state index contributed by atoms with van der Waals surface area (Å²) in [5, 5.41) is 11.9.